The topological polar surface area (TPSA) is 97.4 Å². The molecule has 202 valence electrons. The summed E-state index contributed by atoms with van der Waals surface area (Å²) < 4.78 is 6.09. The number of ketones is 1. The maximum atomic E-state index is 13.1. The van der Waals surface area contributed by atoms with E-state index in [4.69, 9.17) is 27.9 Å². The molecule has 0 radical (unpaired) electrons. The Morgan fingerprint density at radius 2 is 1.76 bits per heavy atom. The Hall–Kier alpha value is -2.42. The predicted molar refractivity (Wildman–Crippen MR) is 152 cm³/mol. The molecule has 4 rings (SSSR count). The molecule has 2 aromatic rings. The number of amides is 1. The quantitative estimate of drug-likeness (QED) is 0.228. The number of carbonyl (C=O) groups is 3. The monoisotopic (exact) mass is 621 g/mol. The summed E-state index contributed by atoms with van der Waals surface area (Å²) >= 11 is 15.6. The van der Waals surface area contributed by atoms with Crippen LogP contribution in [0.3, 0.4) is 0 Å². The average Bonchev–Trinajstić information content (AvgIpc) is 2.91. The minimum atomic E-state index is -0.656. The normalized spacial score (nSPS) is 17.1. The van der Waals surface area contributed by atoms with Crippen molar-refractivity contribution in [1.29, 1.82) is 0 Å². The van der Waals surface area contributed by atoms with Crippen molar-refractivity contribution in [3.05, 3.63) is 68.0 Å². The first-order valence-electron chi connectivity index (χ1n) is 12.8. The van der Waals surface area contributed by atoms with E-state index in [1.807, 2.05) is 19.1 Å². The van der Waals surface area contributed by atoms with Gasteiger partial charge in [0, 0.05) is 30.2 Å². The summed E-state index contributed by atoms with van der Waals surface area (Å²) in [5.41, 5.74) is 1.86. The number of benzene rings is 1. The van der Waals surface area contributed by atoms with Crippen LogP contribution in [-0.4, -0.2) is 35.3 Å². The SMILES string of the molecule is CCCCOC(=O)[C@H](Cc1ccc(NC(=O)c2c(Cl)cncc2Cl)cc1)NC1=C(Br)C(=O)C12CCCCC2. The average molecular weight is 623 g/mol. The number of hydrogen-bond acceptors (Lipinski definition) is 6. The fourth-order valence-electron chi connectivity index (χ4n) is 4.99. The van der Waals surface area contributed by atoms with E-state index in [1.54, 1.807) is 12.1 Å². The van der Waals surface area contributed by atoms with Crippen molar-refractivity contribution in [2.45, 2.75) is 64.3 Å². The lowest BCUT2D eigenvalue weighted by Gasteiger charge is -2.46. The zero-order valence-electron chi connectivity index (χ0n) is 21.1. The van der Waals surface area contributed by atoms with E-state index >= 15 is 0 Å². The molecule has 38 heavy (non-hydrogen) atoms. The molecular formula is C28H30BrCl2N3O4. The predicted octanol–water partition coefficient (Wildman–Crippen LogP) is 6.62. The van der Waals surface area contributed by atoms with Gasteiger partial charge in [0.15, 0.2) is 5.78 Å². The molecule has 7 nitrogen and oxygen atoms in total. The number of allylic oxidation sites excluding steroid dienone is 2. The molecule has 0 unspecified atom stereocenters. The number of nitrogens with one attached hydrogen (secondary N) is 2. The smallest absolute Gasteiger partial charge is 0.328 e. The van der Waals surface area contributed by atoms with Gasteiger partial charge in [-0.3, -0.25) is 14.6 Å². The lowest BCUT2D eigenvalue weighted by atomic mass is 9.62. The molecule has 1 fully saturated rings. The Labute approximate surface area is 240 Å². The summed E-state index contributed by atoms with van der Waals surface area (Å²) in [4.78, 5) is 42.5. The van der Waals surface area contributed by atoms with Gasteiger partial charge in [-0.05, 0) is 52.9 Å². The highest BCUT2D eigenvalue weighted by Crippen LogP contribution is 2.53. The first-order valence-corrected chi connectivity index (χ1v) is 14.4. The molecule has 1 aromatic heterocycles. The van der Waals surface area contributed by atoms with Crippen LogP contribution < -0.4 is 10.6 Å². The van der Waals surface area contributed by atoms with E-state index in [0.717, 1.165) is 56.2 Å². The zero-order valence-corrected chi connectivity index (χ0v) is 24.2. The number of rotatable bonds is 10. The Morgan fingerprint density at radius 3 is 2.39 bits per heavy atom. The minimum Gasteiger partial charge on any atom is -0.464 e. The van der Waals surface area contributed by atoms with Gasteiger partial charge in [0.2, 0.25) is 0 Å². The van der Waals surface area contributed by atoms with E-state index in [0.29, 0.717) is 23.2 Å². The summed E-state index contributed by atoms with van der Waals surface area (Å²) in [7, 11) is 0. The number of esters is 1. The van der Waals surface area contributed by atoms with E-state index in [1.165, 1.54) is 12.4 Å². The summed E-state index contributed by atoms with van der Waals surface area (Å²) in [6.45, 7) is 2.39. The minimum absolute atomic E-state index is 0.118. The first-order chi connectivity index (χ1) is 18.3. The number of anilines is 1. The van der Waals surface area contributed by atoms with Crippen LogP contribution in [0.25, 0.3) is 0 Å². The molecule has 1 aromatic carbocycles. The van der Waals surface area contributed by atoms with Gasteiger partial charge in [0.25, 0.3) is 5.91 Å². The van der Waals surface area contributed by atoms with E-state index < -0.39 is 17.4 Å². The maximum absolute atomic E-state index is 13.1. The molecule has 1 spiro atoms. The van der Waals surface area contributed by atoms with Gasteiger partial charge in [0.1, 0.15) is 6.04 Å². The first kappa shape index (κ1) is 28.6. The Balaban J connectivity index is 1.48. The van der Waals surface area contributed by atoms with Crippen LogP contribution in [0.15, 0.2) is 46.8 Å². The highest BCUT2D eigenvalue weighted by molar-refractivity contribution is 9.12. The van der Waals surface area contributed by atoms with Gasteiger partial charge in [-0.1, -0.05) is 67.9 Å². The van der Waals surface area contributed by atoms with Gasteiger partial charge in [-0.25, -0.2) is 4.79 Å². The van der Waals surface area contributed by atoms with Crippen LogP contribution in [-0.2, 0) is 20.7 Å². The van der Waals surface area contributed by atoms with Crippen molar-refractivity contribution in [2.75, 3.05) is 11.9 Å². The van der Waals surface area contributed by atoms with Gasteiger partial charge < -0.3 is 15.4 Å². The lowest BCUT2D eigenvalue weighted by molar-refractivity contribution is -0.146. The molecule has 1 amide bonds. The second kappa shape index (κ2) is 12.6. The molecule has 10 heteroatoms. The third-order valence-electron chi connectivity index (χ3n) is 7.12. The van der Waals surface area contributed by atoms with Gasteiger partial charge in [0.05, 0.1) is 32.1 Å². The molecule has 2 aliphatic carbocycles. The van der Waals surface area contributed by atoms with E-state index in [-0.39, 0.29) is 27.4 Å². The summed E-state index contributed by atoms with van der Waals surface area (Å²) in [5.74, 6) is -0.679. The second-order valence-corrected chi connectivity index (χ2v) is 11.3. The van der Waals surface area contributed by atoms with Crippen LogP contribution in [0.2, 0.25) is 10.0 Å². The largest absolute Gasteiger partial charge is 0.464 e. The van der Waals surface area contributed by atoms with Crippen LogP contribution in [0.1, 0.15) is 67.8 Å². The number of ether oxygens (including phenoxy) is 1. The van der Waals surface area contributed by atoms with Gasteiger partial charge >= 0.3 is 5.97 Å². The number of halogens is 3. The Bertz CT molecular complexity index is 1220. The molecule has 2 aliphatic rings. The number of nitrogens with zero attached hydrogens (tertiary/aromatic N) is 1. The van der Waals surface area contributed by atoms with Crippen LogP contribution in [0, 0.1) is 5.41 Å². The van der Waals surface area contributed by atoms with Crippen molar-refractivity contribution in [3.63, 3.8) is 0 Å². The molecule has 0 bridgehead atoms. The van der Waals surface area contributed by atoms with Crippen molar-refractivity contribution in [3.8, 4) is 0 Å². The Morgan fingerprint density at radius 1 is 1.11 bits per heavy atom. The standard InChI is InChI=1S/C28H30BrCl2N3O4/c1-2-3-13-38-27(37)21(34-24-23(29)25(35)28(24)11-5-4-6-12-28)14-17-7-9-18(10-8-17)33-26(36)22-19(30)15-32-16-20(22)31/h7-10,15-16,21,34H,2-6,11-14H2,1H3,(H,33,36)/t21-/m0/s1. The highest BCUT2D eigenvalue weighted by Gasteiger charge is 2.53. The van der Waals surface area contributed by atoms with Gasteiger partial charge in [-0.15, -0.1) is 0 Å². The molecule has 1 heterocycles. The maximum Gasteiger partial charge on any atom is 0.328 e. The van der Waals surface area contributed by atoms with Crippen molar-refractivity contribution < 1.29 is 19.1 Å². The molecule has 0 aliphatic heterocycles. The lowest BCUT2D eigenvalue weighted by Crippen LogP contribution is -2.53. The highest BCUT2D eigenvalue weighted by atomic mass is 79.9. The molecule has 2 N–H and O–H groups in total. The summed E-state index contributed by atoms with van der Waals surface area (Å²) in [6, 6.07) is 6.52. The number of Topliss-reactive ketones (excluding diaryl/α,β-unsaturated/α-hetero) is 1. The molecule has 1 atom stereocenters. The summed E-state index contributed by atoms with van der Waals surface area (Å²) in [6.07, 6.45) is 9.47. The zero-order chi connectivity index (χ0) is 27.3. The van der Waals surface area contributed by atoms with Crippen LogP contribution in [0.5, 0.6) is 0 Å². The van der Waals surface area contributed by atoms with E-state index in [9.17, 15) is 14.4 Å². The van der Waals surface area contributed by atoms with Gasteiger partial charge in [-0.2, -0.15) is 0 Å². The molecule has 0 saturated heterocycles. The van der Waals surface area contributed by atoms with Crippen LogP contribution in [0.4, 0.5) is 5.69 Å². The second-order valence-electron chi connectivity index (χ2n) is 9.71. The van der Waals surface area contributed by atoms with Crippen molar-refractivity contribution in [2.24, 2.45) is 5.41 Å². The fraction of sp³-hybridized carbons (Fsp3) is 0.429. The third kappa shape index (κ3) is 6.08. The number of carbonyl (C=O) groups excluding carboxylic acids is 3. The number of unbranched alkanes of at least 4 members (excludes halogenated alkanes) is 1. The number of hydrogen-bond donors (Lipinski definition) is 2. The molecule has 1 saturated carbocycles. The van der Waals surface area contributed by atoms with Crippen molar-refractivity contribution in [1.82, 2.24) is 10.3 Å². The number of aromatic nitrogens is 1. The third-order valence-corrected chi connectivity index (χ3v) is 8.45. The Kier molecular flexibility index (Phi) is 9.50. The number of pyridine rings is 1. The fourth-order valence-corrected chi connectivity index (χ4v) is 6.40. The summed E-state index contributed by atoms with van der Waals surface area (Å²) in [5, 5.41) is 6.49. The van der Waals surface area contributed by atoms with Crippen molar-refractivity contribution >= 4 is 62.5 Å². The van der Waals surface area contributed by atoms with E-state index in [2.05, 4.69) is 31.5 Å². The van der Waals surface area contributed by atoms with Crippen LogP contribution >= 0.6 is 39.1 Å². The molecular weight excluding hydrogens is 593 g/mol.